The van der Waals surface area contributed by atoms with Crippen LogP contribution in [-0.4, -0.2) is 26.2 Å². The lowest BCUT2D eigenvalue weighted by Crippen LogP contribution is -2.41. The molecule has 5 nitrogen and oxygen atoms in total. The van der Waals surface area contributed by atoms with Crippen molar-refractivity contribution in [2.75, 3.05) is 5.75 Å². The van der Waals surface area contributed by atoms with E-state index in [9.17, 15) is 4.79 Å². The standard InChI is InChI=1S/C26H26N4OS/c1-29-16-15-27-26(29)32-18-23(31)30-25(20-11-6-3-7-12-20)22-14-8-13-21(24(22)28-30)17-19-9-4-2-5-10-19/h2-7,9-12,15-17,25,28H,8,13-14,18H2,1H3/b21-17+/t25-/m1/s1. The predicted octanol–water partition coefficient (Wildman–Crippen LogP) is 5.12. The van der Waals surface area contributed by atoms with E-state index in [-0.39, 0.29) is 11.9 Å². The largest absolute Gasteiger partial charge is 0.329 e. The first-order chi connectivity index (χ1) is 15.7. The number of rotatable bonds is 5. The Morgan fingerprint density at radius 3 is 2.59 bits per heavy atom. The zero-order chi connectivity index (χ0) is 21.9. The van der Waals surface area contributed by atoms with Crippen LogP contribution in [-0.2, 0) is 11.8 Å². The van der Waals surface area contributed by atoms with Crippen LogP contribution < -0.4 is 5.43 Å². The molecule has 0 bridgehead atoms. The lowest BCUT2D eigenvalue weighted by atomic mass is 9.86. The molecule has 32 heavy (non-hydrogen) atoms. The summed E-state index contributed by atoms with van der Waals surface area (Å²) in [5, 5.41) is 2.68. The number of hydrogen-bond acceptors (Lipinski definition) is 4. The van der Waals surface area contributed by atoms with Crippen molar-refractivity contribution in [1.29, 1.82) is 0 Å². The number of nitrogens with zero attached hydrogens (tertiary/aromatic N) is 3. The molecule has 0 saturated carbocycles. The van der Waals surface area contributed by atoms with Crippen molar-refractivity contribution in [2.45, 2.75) is 30.5 Å². The third kappa shape index (κ3) is 4.10. The van der Waals surface area contributed by atoms with Crippen LogP contribution >= 0.6 is 11.8 Å². The van der Waals surface area contributed by atoms with Gasteiger partial charge in [-0.3, -0.25) is 10.2 Å². The highest BCUT2D eigenvalue weighted by atomic mass is 32.2. The van der Waals surface area contributed by atoms with E-state index in [1.165, 1.54) is 28.5 Å². The van der Waals surface area contributed by atoms with Gasteiger partial charge in [0.1, 0.15) is 6.04 Å². The third-order valence-electron chi connectivity index (χ3n) is 5.98. The minimum Gasteiger partial charge on any atom is -0.329 e. The Morgan fingerprint density at radius 2 is 1.88 bits per heavy atom. The minimum absolute atomic E-state index is 0.0558. The number of thioether (sulfide) groups is 1. The van der Waals surface area contributed by atoms with Gasteiger partial charge < -0.3 is 4.57 Å². The fourth-order valence-electron chi connectivity index (χ4n) is 4.46. The van der Waals surface area contributed by atoms with Crippen molar-refractivity contribution in [2.24, 2.45) is 7.05 Å². The molecule has 1 atom stereocenters. The fraction of sp³-hybridized carbons (Fsp3) is 0.231. The Labute approximate surface area is 192 Å². The van der Waals surface area contributed by atoms with Crippen molar-refractivity contribution in [3.8, 4) is 0 Å². The van der Waals surface area contributed by atoms with E-state index in [0.29, 0.717) is 5.75 Å². The summed E-state index contributed by atoms with van der Waals surface area (Å²) in [5.41, 5.74) is 9.53. The topological polar surface area (TPSA) is 50.2 Å². The summed E-state index contributed by atoms with van der Waals surface area (Å²) in [5.74, 6) is 0.389. The van der Waals surface area contributed by atoms with Gasteiger partial charge in [-0.05, 0) is 47.6 Å². The van der Waals surface area contributed by atoms with E-state index in [1.807, 2.05) is 47.1 Å². The van der Waals surface area contributed by atoms with E-state index < -0.39 is 0 Å². The summed E-state index contributed by atoms with van der Waals surface area (Å²) in [6, 6.07) is 20.7. The summed E-state index contributed by atoms with van der Waals surface area (Å²) in [6.45, 7) is 0. The lowest BCUT2D eigenvalue weighted by molar-refractivity contribution is -0.131. The number of benzene rings is 2. The highest BCUT2D eigenvalue weighted by Crippen LogP contribution is 2.44. The Bertz CT molecular complexity index is 1170. The molecular formula is C26H26N4OS. The normalized spacial score (nSPS) is 19.2. The summed E-state index contributed by atoms with van der Waals surface area (Å²) >= 11 is 1.47. The average Bonchev–Trinajstić information content (AvgIpc) is 3.43. The second-order valence-corrected chi connectivity index (χ2v) is 9.07. The highest BCUT2D eigenvalue weighted by molar-refractivity contribution is 7.99. The van der Waals surface area contributed by atoms with Crippen LogP contribution in [0.4, 0.5) is 0 Å². The van der Waals surface area contributed by atoms with Crippen molar-refractivity contribution in [1.82, 2.24) is 20.0 Å². The van der Waals surface area contributed by atoms with E-state index in [1.54, 1.807) is 6.20 Å². The van der Waals surface area contributed by atoms with Gasteiger partial charge in [0.15, 0.2) is 5.16 Å². The Kier molecular flexibility index (Phi) is 5.86. The number of hydrogen-bond donors (Lipinski definition) is 1. The molecule has 5 rings (SSSR count). The molecule has 1 N–H and O–H groups in total. The van der Waals surface area contributed by atoms with Gasteiger partial charge in [0.25, 0.3) is 5.91 Å². The molecule has 0 fully saturated rings. The van der Waals surface area contributed by atoms with Crippen LogP contribution in [0, 0.1) is 0 Å². The number of carbonyl (C=O) groups is 1. The number of carbonyl (C=O) groups excluding carboxylic acids is 1. The maximum Gasteiger partial charge on any atom is 0.252 e. The maximum atomic E-state index is 13.4. The molecule has 3 aromatic rings. The Hall–Kier alpha value is -3.25. The first kappa shape index (κ1) is 20.6. The molecule has 1 aromatic heterocycles. The molecule has 0 unspecified atom stereocenters. The Balaban J connectivity index is 1.46. The summed E-state index contributed by atoms with van der Waals surface area (Å²) in [4.78, 5) is 17.7. The molecule has 2 aliphatic rings. The maximum absolute atomic E-state index is 13.4. The molecule has 2 aromatic carbocycles. The van der Waals surface area contributed by atoms with Crippen LogP contribution in [0.25, 0.3) is 6.08 Å². The molecule has 6 heteroatoms. The van der Waals surface area contributed by atoms with Crippen LogP contribution in [0.1, 0.15) is 36.4 Å². The molecule has 1 amide bonds. The van der Waals surface area contributed by atoms with Gasteiger partial charge in [-0.1, -0.05) is 72.4 Å². The van der Waals surface area contributed by atoms with Gasteiger partial charge in [-0.2, -0.15) is 0 Å². The van der Waals surface area contributed by atoms with Gasteiger partial charge in [-0.15, -0.1) is 0 Å². The second kappa shape index (κ2) is 9.09. The van der Waals surface area contributed by atoms with Crippen molar-refractivity contribution >= 4 is 23.7 Å². The monoisotopic (exact) mass is 442 g/mol. The molecule has 1 aliphatic carbocycles. The number of hydrazine groups is 1. The minimum atomic E-state index is -0.0832. The summed E-state index contributed by atoms with van der Waals surface area (Å²) in [7, 11) is 1.95. The molecule has 2 heterocycles. The first-order valence-electron chi connectivity index (χ1n) is 10.9. The lowest BCUT2D eigenvalue weighted by Gasteiger charge is -2.27. The molecule has 162 valence electrons. The molecule has 0 radical (unpaired) electrons. The van der Waals surface area contributed by atoms with E-state index in [0.717, 1.165) is 35.7 Å². The smallest absolute Gasteiger partial charge is 0.252 e. The average molecular weight is 443 g/mol. The van der Waals surface area contributed by atoms with Gasteiger partial charge >= 0.3 is 0 Å². The number of aryl methyl sites for hydroxylation is 1. The Morgan fingerprint density at radius 1 is 1.12 bits per heavy atom. The van der Waals surface area contributed by atoms with E-state index in [4.69, 9.17) is 0 Å². The van der Waals surface area contributed by atoms with Crippen molar-refractivity contribution < 1.29 is 4.79 Å². The van der Waals surface area contributed by atoms with Crippen LogP contribution in [0.5, 0.6) is 0 Å². The molecule has 1 aliphatic heterocycles. The zero-order valence-electron chi connectivity index (χ0n) is 18.1. The third-order valence-corrected chi connectivity index (χ3v) is 7.02. The number of nitrogens with one attached hydrogen (secondary N) is 1. The van der Waals surface area contributed by atoms with Gasteiger partial charge in [0, 0.05) is 19.4 Å². The highest BCUT2D eigenvalue weighted by Gasteiger charge is 2.39. The fourth-order valence-corrected chi connectivity index (χ4v) is 5.25. The van der Waals surface area contributed by atoms with Crippen molar-refractivity contribution in [3.63, 3.8) is 0 Å². The quantitative estimate of drug-likeness (QED) is 0.557. The van der Waals surface area contributed by atoms with Crippen LogP contribution in [0.3, 0.4) is 0 Å². The van der Waals surface area contributed by atoms with Gasteiger partial charge in [0.05, 0.1) is 11.4 Å². The molecule has 0 saturated heterocycles. The molecular weight excluding hydrogens is 416 g/mol. The zero-order valence-corrected chi connectivity index (χ0v) is 18.9. The van der Waals surface area contributed by atoms with Crippen LogP contribution in [0.2, 0.25) is 0 Å². The molecule has 0 spiro atoms. The van der Waals surface area contributed by atoms with Gasteiger partial charge in [-0.25, -0.2) is 9.99 Å². The number of aromatic nitrogens is 2. The van der Waals surface area contributed by atoms with E-state index >= 15 is 0 Å². The van der Waals surface area contributed by atoms with Crippen molar-refractivity contribution in [3.05, 3.63) is 101 Å². The van der Waals surface area contributed by atoms with E-state index in [2.05, 4.69) is 52.9 Å². The number of allylic oxidation sites excluding steroid dienone is 1. The predicted molar refractivity (Wildman–Crippen MR) is 128 cm³/mol. The first-order valence-corrected chi connectivity index (χ1v) is 11.9. The second-order valence-electron chi connectivity index (χ2n) is 8.13. The van der Waals surface area contributed by atoms with Gasteiger partial charge in [0.2, 0.25) is 0 Å². The van der Waals surface area contributed by atoms with Crippen LogP contribution in [0.15, 0.2) is 95.1 Å². The number of amides is 1. The number of imidazole rings is 1. The summed E-state index contributed by atoms with van der Waals surface area (Å²) in [6.07, 6.45) is 8.99. The summed E-state index contributed by atoms with van der Waals surface area (Å²) < 4.78 is 1.94. The SMILES string of the molecule is Cn1ccnc1SCC(=O)N1NC2=C(CCC/C2=C\c2ccccc2)[C@H]1c1ccccc1.